The summed E-state index contributed by atoms with van der Waals surface area (Å²) < 4.78 is 1.20. The lowest BCUT2D eigenvalue weighted by molar-refractivity contribution is 0.961. The van der Waals surface area contributed by atoms with Gasteiger partial charge in [0, 0.05) is 14.2 Å². The summed E-state index contributed by atoms with van der Waals surface area (Å²) in [5, 5.41) is 0. The van der Waals surface area contributed by atoms with Crippen LogP contribution < -0.4 is 0 Å². The molecule has 0 amide bonds. The molecule has 0 saturated heterocycles. The molecular formula is C10H9BrS. The highest BCUT2D eigenvalue weighted by atomic mass is 79.9. The minimum Gasteiger partial charge on any atom is -0.143 e. The predicted octanol–water partition coefficient (Wildman–Crippen LogP) is 3.48. The SMILES string of the molecule is C#CC1(c2cc(Br)c(C)s2)CC1. The Morgan fingerprint density at radius 1 is 1.67 bits per heavy atom. The van der Waals surface area contributed by atoms with Gasteiger partial charge < -0.3 is 0 Å². The fourth-order valence-corrected chi connectivity index (χ4v) is 3.03. The van der Waals surface area contributed by atoms with Crippen molar-refractivity contribution >= 4 is 27.3 Å². The number of halogens is 1. The van der Waals surface area contributed by atoms with Crippen LogP contribution in [-0.2, 0) is 5.41 Å². The minimum atomic E-state index is 0.113. The van der Waals surface area contributed by atoms with E-state index in [-0.39, 0.29) is 5.41 Å². The van der Waals surface area contributed by atoms with Gasteiger partial charge in [-0.25, -0.2) is 0 Å². The maximum Gasteiger partial charge on any atom is 0.0655 e. The molecule has 0 nitrogen and oxygen atoms in total. The number of terminal acetylenes is 1. The molecule has 1 aromatic heterocycles. The van der Waals surface area contributed by atoms with Crippen molar-refractivity contribution in [2.24, 2.45) is 0 Å². The summed E-state index contributed by atoms with van der Waals surface area (Å²) in [6.45, 7) is 2.12. The maximum absolute atomic E-state index is 5.50. The van der Waals surface area contributed by atoms with Crippen molar-refractivity contribution in [3.63, 3.8) is 0 Å². The third-order valence-electron chi connectivity index (χ3n) is 2.36. The fourth-order valence-electron chi connectivity index (χ4n) is 1.28. The Bertz CT molecular complexity index is 333. The summed E-state index contributed by atoms with van der Waals surface area (Å²) in [6.07, 6.45) is 7.83. The third-order valence-corrected chi connectivity index (χ3v) is 4.70. The van der Waals surface area contributed by atoms with Crippen LogP contribution in [-0.4, -0.2) is 0 Å². The highest BCUT2D eigenvalue weighted by Crippen LogP contribution is 2.51. The first kappa shape index (κ1) is 8.34. The molecule has 1 heterocycles. The predicted molar refractivity (Wildman–Crippen MR) is 56.5 cm³/mol. The molecule has 0 atom stereocenters. The van der Waals surface area contributed by atoms with Gasteiger partial charge in [-0.05, 0) is 41.8 Å². The smallest absolute Gasteiger partial charge is 0.0655 e. The topological polar surface area (TPSA) is 0 Å². The second-order valence-corrected chi connectivity index (χ2v) is 5.35. The van der Waals surface area contributed by atoms with Crippen LogP contribution in [0.5, 0.6) is 0 Å². The van der Waals surface area contributed by atoms with Gasteiger partial charge in [0.2, 0.25) is 0 Å². The molecule has 1 fully saturated rings. The van der Waals surface area contributed by atoms with Crippen LogP contribution in [0.4, 0.5) is 0 Å². The van der Waals surface area contributed by atoms with Crippen molar-refractivity contribution in [1.82, 2.24) is 0 Å². The third kappa shape index (κ3) is 1.12. The molecule has 2 rings (SSSR count). The van der Waals surface area contributed by atoms with E-state index >= 15 is 0 Å². The van der Waals surface area contributed by atoms with Gasteiger partial charge in [0.05, 0.1) is 5.41 Å². The quantitative estimate of drug-likeness (QED) is 0.660. The summed E-state index contributed by atoms with van der Waals surface area (Å²) in [5.74, 6) is 2.90. The van der Waals surface area contributed by atoms with Crippen molar-refractivity contribution in [1.29, 1.82) is 0 Å². The summed E-state index contributed by atoms with van der Waals surface area (Å²) in [7, 11) is 0. The van der Waals surface area contributed by atoms with Crippen LogP contribution in [0.3, 0.4) is 0 Å². The van der Waals surface area contributed by atoms with Crippen molar-refractivity contribution < 1.29 is 0 Å². The highest BCUT2D eigenvalue weighted by Gasteiger charge is 2.44. The summed E-state index contributed by atoms with van der Waals surface area (Å²) in [6, 6.07) is 2.17. The number of rotatable bonds is 1. The van der Waals surface area contributed by atoms with Crippen LogP contribution >= 0.6 is 27.3 Å². The molecule has 2 heteroatoms. The van der Waals surface area contributed by atoms with E-state index in [9.17, 15) is 0 Å². The van der Waals surface area contributed by atoms with Crippen molar-refractivity contribution in [3.8, 4) is 12.3 Å². The molecule has 0 aromatic carbocycles. The Hall–Kier alpha value is -0.260. The zero-order valence-electron chi connectivity index (χ0n) is 6.86. The van der Waals surface area contributed by atoms with Gasteiger partial charge in [-0.3, -0.25) is 0 Å². The van der Waals surface area contributed by atoms with Gasteiger partial charge in [0.25, 0.3) is 0 Å². The number of aryl methyl sites for hydroxylation is 1. The number of thiophene rings is 1. The van der Waals surface area contributed by atoms with E-state index in [0.717, 1.165) is 12.8 Å². The molecule has 0 unspecified atom stereocenters. The number of hydrogen-bond acceptors (Lipinski definition) is 1. The molecule has 1 aliphatic carbocycles. The van der Waals surface area contributed by atoms with Crippen molar-refractivity contribution in [3.05, 3.63) is 20.3 Å². The first-order valence-corrected chi connectivity index (χ1v) is 5.53. The standard InChI is InChI=1S/C10H9BrS/c1-3-10(4-5-10)9-6-8(11)7(2)12-9/h1,6H,4-5H2,2H3. The Kier molecular flexibility index (Phi) is 1.82. The van der Waals surface area contributed by atoms with E-state index in [2.05, 4.69) is 34.8 Å². The largest absolute Gasteiger partial charge is 0.143 e. The molecule has 62 valence electrons. The Labute approximate surface area is 85.1 Å². The second kappa shape index (κ2) is 2.61. The normalized spacial score (nSPS) is 18.8. The zero-order chi connectivity index (χ0) is 8.77. The van der Waals surface area contributed by atoms with Crippen LogP contribution in [0.15, 0.2) is 10.5 Å². The Morgan fingerprint density at radius 2 is 2.33 bits per heavy atom. The Balaban J connectivity index is 2.43. The average molecular weight is 241 g/mol. The van der Waals surface area contributed by atoms with E-state index in [4.69, 9.17) is 6.42 Å². The van der Waals surface area contributed by atoms with Gasteiger partial charge in [-0.1, -0.05) is 5.92 Å². The lowest BCUT2D eigenvalue weighted by atomic mass is 10.1. The minimum absolute atomic E-state index is 0.113. The van der Waals surface area contributed by atoms with E-state index in [1.807, 2.05) is 11.3 Å². The first-order chi connectivity index (χ1) is 5.68. The summed E-state index contributed by atoms with van der Waals surface area (Å²) in [5.41, 5.74) is 0.113. The van der Waals surface area contributed by atoms with Crippen LogP contribution in [0, 0.1) is 19.3 Å². The molecule has 12 heavy (non-hydrogen) atoms. The van der Waals surface area contributed by atoms with Gasteiger partial charge in [-0.15, -0.1) is 17.8 Å². The molecule has 1 aliphatic rings. The van der Waals surface area contributed by atoms with E-state index in [1.54, 1.807) is 0 Å². The van der Waals surface area contributed by atoms with Gasteiger partial charge in [0.1, 0.15) is 0 Å². The second-order valence-electron chi connectivity index (χ2n) is 3.24. The van der Waals surface area contributed by atoms with E-state index in [1.165, 1.54) is 14.2 Å². The van der Waals surface area contributed by atoms with E-state index in [0.29, 0.717) is 0 Å². The average Bonchev–Trinajstić information content (AvgIpc) is 2.77. The lowest BCUT2D eigenvalue weighted by Gasteiger charge is -2.01. The maximum atomic E-state index is 5.50. The molecule has 0 radical (unpaired) electrons. The van der Waals surface area contributed by atoms with Crippen molar-refractivity contribution in [2.75, 3.05) is 0 Å². The molecule has 0 aliphatic heterocycles. The van der Waals surface area contributed by atoms with Crippen molar-refractivity contribution in [2.45, 2.75) is 25.2 Å². The Morgan fingerprint density at radius 3 is 2.67 bits per heavy atom. The zero-order valence-corrected chi connectivity index (χ0v) is 9.26. The molecule has 1 aromatic rings. The van der Waals surface area contributed by atoms with Gasteiger partial charge in [-0.2, -0.15) is 0 Å². The fraction of sp³-hybridized carbons (Fsp3) is 0.400. The monoisotopic (exact) mass is 240 g/mol. The number of hydrogen-bond donors (Lipinski definition) is 0. The summed E-state index contributed by atoms with van der Waals surface area (Å²) >= 11 is 5.33. The molecule has 0 bridgehead atoms. The molecule has 0 N–H and O–H groups in total. The first-order valence-electron chi connectivity index (χ1n) is 3.92. The van der Waals surface area contributed by atoms with Crippen LogP contribution in [0.1, 0.15) is 22.6 Å². The van der Waals surface area contributed by atoms with E-state index < -0.39 is 0 Å². The lowest BCUT2D eigenvalue weighted by Crippen LogP contribution is -1.97. The molecule has 0 spiro atoms. The van der Waals surface area contributed by atoms with Gasteiger partial charge >= 0.3 is 0 Å². The van der Waals surface area contributed by atoms with Crippen LogP contribution in [0.2, 0.25) is 0 Å². The highest BCUT2D eigenvalue weighted by molar-refractivity contribution is 9.10. The molecular weight excluding hydrogens is 232 g/mol. The summed E-state index contributed by atoms with van der Waals surface area (Å²) in [4.78, 5) is 2.68. The molecule has 1 saturated carbocycles. The van der Waals surface area contributed by atoms with Gasteiger partial charge in [0.15, 0.2) is 0 Å². The van der Waals surface area contributed by atoms with Crippen LogP contribution in [0.25, 0.3) is 0 Å².